The first-order valence-electron chi connectivity index (χ1n) is 5.65. The fourth-order valence-corrected chi connectivity index (χ4v) is 1.50. The van der Waals surface area contributed by atoms with Crippen molar-refractivity contribution in [3.05, 3.63) is 46.5 Å². The van der Waals surface area contributed by atoms with E-state index >= 15 is 0 Å². The Morgan fingerprint density at radius 3 is 2.33 bits per heavy atom. The van der Waals surface area contributed by atoms with Crippen LogP contribution in [-0.2, 0) is 0 Å². The second-order valence-electron chi connectivity index (χ2n) is 4.35. The minimum absolute atomic E-state index is 0.0634. The Hall–Kier alpha value is -2.17. The molecule has 0 unspecified atom stereocenters. The highest BCUT2D eigenvalue weighted by atomic mass is 16.6. The van der Waals surface area contributed by atoms with E-state index in [0.717, 1.165) is 11.3 Å². The van der Waals surface area contributed by atoms with Crippen LogP contribution in [0.4, 0.5) is 11.4 Å². The number of nitro benzene ring substituents is 1. The van der Waals surface area contributed by atoms with Gasteiger partial charge in [-0.05, 0) is 30.5 Å². The maximum absolute atomic E-state index is 10.5. The van der Waals surface area contributed by atoms with E-state index in [-0.39, 0.29) is 11.6 Å². The van der Waals surface area contributed by atoms with Crippen LogP contribution in [0.3, 0.4) is 0 Å². The molecule has 0 heterocycles. The average Bonchev–Trinajstić information content (AvgIpc) is 2.28. The number of anilines is 1. The van der Waals surface area contributed by atoms with Crippen LogP contribution in [0, 0.1) is 16.0 Å². The van der Waals surface area contributed by atoms with Gasteiger partial charge in [-0.3, -0.25) is 15.5 Å². The lowest BCUT2D eigenvalue weighted by atomic mass is 10.0. The number of hydrogen-bond acceptors (Lipinski definition) is 4. The second-order valence-corrected chi connectivity index (χ2v) is 4.35. The molecule has 1 rings (SSSR count). The Morgan fingerprint density at radius 2 is 1.94 bits per heavy atom. The highest BCUT2D eigenvalue weighted by Gasteiger charge is 2.06. The largest absolute Gasteiger partial charge is 0.278 e. The van der Waals surface area contributed by atoms with Crippen LogP contribution in [-0.4, -0.2) is 10.6 Å². The topological polar surface area (TPSA) is 67.5 Å². The molecule has 1 aromatic rings. The van der Waals surface area contributed by atoms with E-state index in [1.807, 2.05) is 20.8 Å². The van der Waals surface area contributed by atoms with Gasteiger partial charge >= 0.3 is 0 Å². The molecular weight excluding hydrogens is 230 g/mol. The van der Waals surface area contributed by atoms with Gasteiger partial charge in [0, 0.05) is 12.1 Å². The molecule has 0 atom stereocenters. The Labute approximate surface area is 106 Å². The molecule has 0 saturated carbocycles. The van der Waals surface area contributed by atoms with Gasteiger partial charge in [0.15, 0.2) is 0 Å². The smallest absolute Gasteiger partial charge is 0.269 e. The summed E-state index contributed by atoms with van der Waals surface area (Å²) in [6, 6.07) is 6.12. The van der Waals surface area contributed by atoms with Crippen LogP contribution >= 0.6 is 0 Å². The average molecular weight is 247 g/mol. The van der Waals surface area contributed by atoms with Crippen LogP contribution in [0.1, 0.15) is 20.8 Å². The normalized spacial score (nSPS) is 11.4. The van der Waals surface area contributed by atoms with Crippen molar-refractivity contribution in [1.82, 2.24) is 0 Å². The number of hydrogen-bond donors (Lipinski definition) is 1. The fraction of sp³-hybridized carbons (Fsp3) is 0.308. The molecule has 0 fully saturated rings. The van der Waals surface area contributed by atoms with Gasteiger partial charge in [-0.15, -0.1) is 0 Å². The maximum atomic E-state index is 10.5. The van der Waals surface area contributed by atoms with E-state index in [0.29, 0.717) is 5.69 Å². The predicted molar refractivity (Wildman–Crippen MR) is 73.8 cm³/mol. The van der Waals surface area contributed by atoms with Crippen molar-refractivity contribution in [3.63, 3.8) is 0 Å². The van der Waals surface area contributed by atoms with Gasteiger partial charge in [0.05, 0.1) is 16.3 Å². The third-order valence-corrected chi connectivity index (χ3v) is 2.37. The zero-order chi connectivity index (χ0) is 13.7. The Morgan fingerprint density at radius 1 is 1.39 bits per heavy atom. The summed E-state index contributed by atoms with van der Waals surface area (Å²) in [6.07, 6.45) is 0. The second kappa shape index (κ2) is 5.95. The summed E-state index contributed by atoms with van der Waals surface area (Å²) in [5, 5.41) is 14.8. The molecule has 0 aromatic heterocycles. The summed E-state index contributed by atoms with van der Waals surface area (Å²) in [5.41, 5.74) is 5.43. The number of benzene rings is 1. The first kappa shape index (κ1) is 13.9. The van der Waals surface area contributed by atoms with E-state index in [2.05, 4.69) is 17.1 Å². The van der Waals surface area contributed by atoms with Crippen molar-refractivity contribution >= 4 is 17.1 Å². The Kier molecular flexibility index (Phi) is 4.59. The highest BCUT2D eigenvalue weighted by Crippen LogP contribution is 2.16. The van der Waals surface area contributed by atoms with Crippen molar-refractivity contribution in [1.29, 1.82) is 0 Å². The van der Waals surface area contributed by atoms with Gasteiger partial charge in [-0.1, -0.05) is 20.4 Å². The molecule has 0 spiro atoms. The molecule has 0 bridgehead atoms. The summed E-state index contributed by atoms with van der Waals surface area (Å²) in [5.74, 6) is 0.271. The molecule has 0 radical (unpaired) electrons. The zero-order valence-corrected chi connectivity index (χ0v) is 10.8. The lowest BCUT2D eigenvalue weighted by molar-refractivity contribution is -0.384. The lowest BCUT2D eigenvalue weighted by Crippen LogP contribution is -2.10. The molecule has 0 aliphatic heterocycles. The summed E-state index contributed by atoms with van der Waals surface area (Å²) < 4.78 is 0. The highest BCUT2D eigenvalue weighted by molar-refractivity contribution is 6.00. The number of nitrogens with one attached hydrogen (secondary N) is 1. The maximum Gasteiger partial charge on any atom is 0.269 e. The molecule has 5 nitrogen and oxygen atoms in total. The first-order chi connectivity index (χ1) is 8.41. The van der Waals surface area contributed by atoms with E-state index in [1.165, 1.54) is 12.1 Å². The standard InChI is InChI=1S/C13H17N3O2/c1-9(2)13(10(3)4)15-14-11-5-7-12(8-6-11)16(17)18/h5-8,10,14H,1H2,2-4H3/b15-13-. The molecule has 0 aliphatic carbocycles. The molecule has 1 N–H and O–H groups in total. The summed E-state index contributed by atoms with van der Waals surface area (Å²) in [4.78, 5) is 10.1. The molecule has 5 heteroatoms. The van der Waals surface area contributed by atoms with E-state index in [9.17, 15) is 10.1 Å². The quantitative estimate of drug-likeness (QED) is 0.491. The van der Waals surface area contributed by atoms with Crippen LogP contribution in [0.15, 0.2) is 41.5 Å². The van der Waals surface area contributed by atoms with Crippen molar-refractivity contribution < 1.29 is 4.92 Å². The van der Waals surface area contributed by atoms with Crippen molar-refractivity contribution in [2.75, 3.05) is 5.43 Å². The number of rotatable bonds is 5. The molecule has 0 amide bonds. The first-order valence-corrected chi connectivity index (χ1v) is 5.65. The summed E-state index contributed by atoms with van der Waals surface area (Å²) in [6.45, 7) is 9.83. The monoisotopic (exact) mass is 247 g/mol. The molecule has 0 saturated heterocycles. The van der Waals surface area contributed by atoms with Crippen LogP contribution in [0.2, 0.25) is 0 Å². The number of non-ortho nitro benzene ring substituents is 1. The van der Waals surface area contributed by atoms with Gasteiger partial charge < -0.3 is 0 Å². The van der Waals surface area contributed by atoms with Gasteiger partial charge in [0.1, 0.15) is 0 Å². The van der Waals surface area contributed by atoms with Crippen LogP contribution in [0.25, 0.3) is 0 Å². The van der Waals surface area contributed by atoms with Gasteiger partial charge in [0.25, 0.3) is 5.69 Å². The van der Waals surface area contributed by atoms with Gasteiger partial charge in [0.2, 0.25) is 0 Å². The fourth-order valence-electron chi connectivity index (χ4n) is 1.50. The molecule has 96 valence electrons. The lowest BCUT2D eigenvalue weighted by Gasteiger charge is -2.10. The minimum atomic E-state index is -0.430. The van der Waals surface area contributed by atoms with Gasteiger partial charge in [-0.2, -0.15) is 5.10 Å². The number of hydrazone groups is 1. The number of nitro groups is 1. The van der Waals surface area contributed by atoms with Gasteiger partial charge in [-0.25, -0.2) is 0 Å². The number of allylic oxidation sites excluding steroid dienone is 1. The molecule has 0 aliphatic rings. The minimum Gasteiger partial charge on any atom is -0.278 e. The van der Waals surface area contributed by atoms with E-state index < -0.39 is 4.92 Å². The summed E-state index contributed by atoms with van der Waals surface area (Å²) in [7, 11) is 0. The third kappa shape index (κ3) is 3.69. The predicted octanol–water partition coefficient (Wildman–Crippen LogP) is 3.59. The number of nitrogens with zero attached hydrogens (tertiary/aromatic N) is 2. The SMILES string of the molecule is C=C(C)/C(=N/Nc1ccc([N+](=O)[O-])cc1)C(C)C. The van der Waals surface area contributed by atoms with Crippen molar-refractivity contribution in [2.24, 2.45) is 11.0 Å². The van der Waals surface area contributed by atoms with E-state index in [1.54, 1.807) is 12.1 Å². The zero-order valence-electron chi connectivity index (χ0n) is 10.8. The molecule has 1 aromatic carbocycles. The third-order valence-electron chi connectivity index (χ3n) is 2.37. The summed E-state index contributed by atoms with van der Waals surface area (Å²) >= 11 is 0. The molecular formula is C13H17N3O2. The van der Waals surface area contributed by atoms with Crippen LogP contribution < -0.4 is 5.43 Å². The van der Waals surface area contributed by atoms with E-state index in [4.69, 9.17) is 0 Å². The van der Waals surface area contributed by atoms with Crippen molar-refractivity contribution in [2.45, 2.75) is 20.8 Å². The Bertz CT molecular complexity index is 476. The molecule has 18 heavy (non-hydrogen) atoms. The van der Waals surface area contributed by atoms with Crippen LogP contribution in [0.5, 0.6) is 0 Å². The van der Waals surface area contributed by atoms with Crippen molar-refractivity contribution in [3.8, 4) is 0 Å². The Balaban J connectivity index is 2.82.